The first-order valence-corrected chi connectivity index (χ1v) is 11.7. The number of anilines is 3. The van der Waals surface area contributed by atoms with Gasteiger partial charge in [0.05, 0.1) is 17.8 Å². The van der Waals surface area contributed by atoms with Gasteiger partial charge in [0.15, 0.2) is 0 Å². The Kier molecular flexibility index (Phi) is 6.83. The first kappa shape index (κ1) is 23.1. The minimum atomic E-state index is -0.355. The maximum Gasteiger partial charge on any atom is 0.227 e. The Morgan fingerprint density at radius 1 is 0.943 bits per heavy atom. The number of nitrogens with one attached hydrogen (secondary N) is 1. The lowest BCUT2D eigenvalue weighted by Crippen LogP contribution is -2.47. The van der Waals surface area contributed by atoms with E-state index in [4.69, 9.17) is 4.74 Å². The lowest BCUT2D eigenvalue weighted by Gasteiger charge is -2.36. The number of aromatic nitrogens is 2. The van der Waals surface area contributed by atoms with Crippen LogP contribution in [0.1, 0.15) is 0 Å². The molecule has 1 aliphatic rings. The van der Waals surface area contributed by atoms with E-state index in [1.54, 1.807) is 25.4 Å². The molecule has 0 aliphatic carbocycles. The molecule has 1 fully saturated rings. The average Bonchev–Trinajstić information content (AvgIpc) is 2.88. The van der Waals surface area contributed by atoms with Gasteiger partial charge in [0, 0.05) is 62.7 Å². The van der Waals surface area contributed by atoms with E-state index < -0.39 is 0 Å². The summed E-state index contributed by atoms with van der Waals surface area (Å²) in [4.78, 5) is 13.3. The van der Waals surface area contributed by atoms with Crippen LogP contribution in [-0.2, 0) is 4.74 Å². The van der Waals surface area contributed by atoms with Crippen molar-refractivity contribution in [2.75, 3.05) is 56.7 Å². The van der Waals surface area contributed by atoms with Crippen LogP contribution in [0.15, 0.2) is 66.9 Å². The zero-order valence-electron chi connectivity index (χ0n) is 19.5. The fraction of sp³-hybridized carbons (Fsp3) is 0.259. The molecule has 1 aliphatic heterocycles. The van der Waals surface area contributed by atoms with Crippen molar-refractivity contribution in [1.29, 1.82) is 0 Å². The van der Waals surface area contributed by atoms with Gasteiger partial charge in [-0.1, -0.05) is 30.3 Å². The molecule has 0 spiro atoms. The molecule has 0 bridgehead atoms. The van der Waals surface area contributed by atoms with Gasteiger partial charge >= 0.3 is 0 Å². The quantitative estimate of drug-likeness (QED) is 0.402. The van der Waals surface area contributed by atoms with E-state index in [1.165, 1.54) is 12.1 Å². The maximum absolute atomic E-state index is 15.0. The number of benzene rings is 3. The highest BCUT2D eigenvalue weighted by atomic mass is 19.1. The highest BCUT2D eigenvalue weighted by Gasteiger charge is 2.20. The van der Waals surface area contributed by atoms with Crippen LogP contribution >= 0.6 is 0 Å². The van der Waals surface area contributed by atoms with Crippen molar-refractivity contribution in [3.8, 4) is 11.1 Å². The molecule has 35 heavy (non-hydrogen) atoms. The lowest BCUT2D eigenvalue weighted by atomic mass is 10.0. The Labute approximate surface area is 203 Å². The minimum absolute atomic E-state index is 0.277. The summed E-state index contributed by atoms with van der Waals surface area (Å²) in [6.45, 7) is 4.84. The van der Waals surface area contributed by atoms with Crippen LogP contribution in [0, 0.1) is 11.6 Å². The van der Waals surface area contributed by atoms with Crippen LogP contribution in [0.4, 0.5) is 26.1 Å². The number of nitrogens with zero attached hydrogens (tertiary/aromatic N) is 4. The minimum Gasteiger partial charge on any atom is -0.383 e. The second-order valence-electron chi connectivity index (χ2n) is 8.53. The molecule has 180 valence electrons. The molecule has 0 radical (unpaired) electrons. The van der Waals surface area contributed by atoms with Gasteiger partial charge in [-0.25, -0.2) is 18.7 Å². The first-order valence-electron chi connectivity index (χ1n) is 11.7. The number of hydrogen-bond donors (Lipinski definition) is 1. The maximum atomic E-state index is 15.0. The van der Waals surface area contributed by atoms with Crippen LogP contribution < -0.4 is 10.2 Å². The van der Waals surface area contributed by atoms with E-state index in [1.807, 2.05) is 36.4 Å². The third-order valence-electron chi connectivity index (χ3n) is 6.29. The van der Waals surface area contributed by atoms with Crippen LogP contribution in [-0.4, -0.2) is 61.3 Å². The molecule has 3 aromatic carbocycles. The van der Waals surface area contributed by atoms with Crippen molar-refractivity contribution in [3.05, 3.63) is 78.5 Å². The van der Waals surface area contributed by atoms with Crippen LogP contribution in [0.3, 0.4) is 0 Å². The third kappa shape index (κ3) is 5.08. The molecule has 0 amide bonds. The van der Waals surface area contributed by atoms with Crippen molar-refractivity contribution >= 4 is 28.2 Å². The smallest absolute Gasteiger partial charge is 0.227 e. The molecule has 1 aromatic heterocycles. The topological polar surface area (TPSA) is 53.5 Å². The highest BCUT2D eigenvalue weighted by Crippen LogP contribution is 2.31. The zero-order valence-corrected chi connectivity index (χ0v) is 19.5. The highest BCUT2D eigenvalue weighted by molar-refractivity contribution is 5.94. The molecule has 8 heteroatoms. The van der Waals surface area contributed by atoms with Crippen LogP contribution in [0.2, 0.25) is 0 Å². The van der Waals surface area contributed by atoms with E-state index in [0.717, 1.165) is 43.7 Å². The van der Waals surface area contributed by atoms with Gasteiger partial charge in [-0.3, -0.25) is 4.90 Å². The van der Waals surface area contributed by atoms with Crippen molar-refractivity contribution in [2.24, 2.45) is 0 Å². The summed E-state index contributed by atoms with van der Waals surface area (Å²) in [6.07, 6.45) is 1.64. The summed E-state index contributed by atoms with van der Waals surface area (Å²) in [6, 6.07) is 17.4. The summed E-state index contributed by atoms with van der Waals surface area (Å²) in [7, 11) is 1.70. The summed E-state index contributed by atoms with van der Waals surface area (Å²) in [5.74, 6) is -0.387. The molecule has 1 N–H and O–H groups in total. The van der Waals surface area contributed by atoms with Crippen LogP contribution in [0.25, 0.3) is 22.0 Å². The SMILES string of the molecule is COCCN1CCN(c2ccc(Nc3ncc4ccc(F)c(-c5ccccc5)c4n3)cc2F)CC1. The molecule has 0 atom stereocenters. The molecule has 4 aromatic rings. The van der Waals surface area contributed by atoms with Gasteiger partial charge in [-0.15, -0.1) is 0 Å². The monoisotopic (exact) mass is 475 g/mol. The Balaban J connectivity index is 1.35. The second kappa shape index (κ2) is 10.3. The van der Waals surface area contributed by atoms with E-state index in [-0.39, 0.29) is 17.6 Å². The number of hydrogen-bond acceptors (Lipinski definition) is 6. The largest absolute Gasteiger partial charge is 0.383 e. The molecule has 0 saturated carbocycles. The molecular weight excluding hydrogens is 448 g/mol. The van der Waals surface area contributed by atoms with Gasteiger partial charge in [-0.2, -0.15) is 0 Å². The fourth-order valence-corrected chi connectivity index (χ4v) is 4.42. The molecule has 1 saturated heterocycles. The van der Waals surface area contributed by atoms with Crippen molar-refractivity contribution in [2.45, 2.75) is 0 Å². The summed E-state index contributed by atoms with van der Waals surface area (Å²) in [5.41, 5.74) is 2.76. The number of piperazine rings is 1. The third-order valence-corrected chi connectivity index (χ3v) is 6.29. The fourth-order valence-electron chi connectivity index (χ4n) is 4.42. The van der Waals surface area contributed by atoms with E-state index in [2.05, 4.69) is 25.1 Å². The predicted molar refractivity (Wildman–Crippen MR) is 135 cm³/mol. The van der Waals surface area contributed by atoms with Gasteiger partial charge < -0.3 is 15.0 Å². The number of ether oxygens (including phenoxy) is 1. The summed E-state index contributed by atoms with van der Waals surface area (Å²) < 4.78 is 34.9. The van der Waals surface area contributed by atoms with Crippen LogP contribution in [0.5, 0.6) is 0 Å². The van der Waals surface area contributed by atoms with E-state index >= 15 is 4.39 Å². The van der Waals surface area contributed by atoms with Gasteiger partial charge in [-0.05, 0) is 35.9 Å². The Hall–Kier alpha value is -3.62. The zero-order chi connectivity index (χ0) is 24.2. The van der Waals surface area contributed by atoms with Crippen molar-refractivity contribution in [1.82, 2.24) is 14.9 Å². The molecule has 6 nitrogen and oxygen atoms in total. The number of halogens is 2. The average molecular weight is 476 g/mol. The number of methoxy groups -OCH3 is 1. The van der Waals surface area contributed by atoms with Gasteiger partial charge in [0.25, 0.3) is 0 Å². The van der Waals surface area contributed by atoms with Crippen molar-refractivity contribution < 1.29 is 13.5 Å². The number of rotatable bonds is 7. The van der Waals surface area contributed by atoms with Crippen molar-refractivity contribution in [3.63, 3.8) is 0 Å². The Bertz CT molecular complexity index is 1310. The van der Waals surface area contributed by atoms with Gasteiger partial charge in [0.2, 0.25) is 5.95 Å². The summed E-state index contributed by atoms with van der Waals surface area (Å²) >= 11 is 0. The summed E-state index contributed by atoms with van der Waals surface area (Å²) in [5, 5.41) is 3.79. The van der Waals surface area contributed by atoms with E-state index in [9.17, 15) is 4.39 Å². The first-order chi connectivity index (χ1) is 17.1. The predicted octanol–water partition coefficient (Wildman–Crippen LogP) is 5.09. The normalized spacial score (nSPS) is 14.4. The second-order valence-corrected chi connectivity index (χ2v) is 8.53. The Morgan fingerprint density at radius 2 is 1.74 bits per heavy atom. The van der Waals surface area contributed by atoms with E-state index in [0.29, 0.717) is 29.1 Å². The standard InChI is InChI=1S/C27H27F2N5O/c1-35-16-15-33-11-13-34(14-12-33)24-10-8-21(17-23(24)29)31-27-30-18-20-7-9-22(28)25(26(20)32-27)19-5-3-2-4-6-19/h2-10,17-18H,11-16H2,1H3,(H,30,31,32). The molecule has 2 heterocycles. The molecule has 0 unspecified atom stereocenters. The number of fused-ring (bicyclic) bond motifs is 1. The molecular formula is C27H27F2N5O. The van der Waals surface area contributed by atoms with Gasteiger partial charge in [0.1, 0.15) is 11.6 Å². The molecule has 5 rings (SSSR count). The Morgan fingerprint density at radius 3 is 2.49 bits per heavy atom. The lowest BCUT2D eigenvalue weighted by molar-refractivity contribution is 0.144.